The molecule has 2 bridgehead atoms. The van der Waals surface area contributed by atoms with Crippen molar-refractivity contribution < 1.29 is 9.47 Å². The Kier molecular flexibility index (Phi) is 4.24. The van der Waals surface area contributed by atoms with Gasteiger partial charge in [-0.05, 0) is 25.5 Å². The molecule has 5 heterocycles. The maximum atomic E-state index is 6.32. The van der Waals surface area contributed by atoms with Gasteiger partial charge < -0.3 is 19.4 Å². The van der Waals surface area contributed by atoms with Crippen LogP contribution in [0.25, 0.3) is 16.7 Å². The van der Waals surface area contributed by atoms with Gasteiger partial charge in [-0.2, -0.15) is 4.98 Å². The normalized spacial score (nSPS) is 13.5. The second-order valence-electron chi connectivity index (χ2n) is 6.64. The molecule has 4 aromatic rings. The second kappa shape index (κ2) is 6.93. The minimum atomic E-state index is 0.445. The van der Waals surface area contributed by atoms with Gasteiger partial charge >= 0.3 is 0 Å². The Hall–Kier alpha value is -3.33. The van der Waals surface area contributed by atoms with E-state index in [1.165, 1.54) is 0 Å². The number of hydrogen-bond acceptors (Lipinski definition) is 7. The molecule has 1 N–H and O–H groups in total. The highest BCUT2D eigenvalue weighted by molar-refractivity contribution is 6.35. The summed E-state index contributed by atoms with van der Waals surface area (Å²) in [5.74, 6) is 1.39. The van der Waals surface area contributed by atoms with Gasteiger partial charge in [-0.15, -0.1) is 5.10 Å². The molecule has 0 saturated heterocycles. The first kappa shape index (κ1) is 17.7. The molecule has 0 saturated carbocycles. The van der Waals surface area contributed by atoms with Crippen LogP contribution in [0.5, 0.6) is 11.8 Å². The Bertz CT molecular complexity index is 1220. The van der Waals surface area contributed by atoms with Crippen molar-refractivity contribution in [3.63, 3.8) is 0 Å². The molecule has 10 heteroatoms. The Balaban J connectivity index is 1.64. The van der Waals surface area contributed by atoms with E-state index in [4.69, 9.17) is 21.1 Å². The van der Waals surface area contributed by atoms with Gasteiger partial charge in [0.05, 0.1) is 29.8 Å². The predicted molar refractivity (Wildman–Crippen MR) is 109 cm³/mol. The fraction of sp³-hybridized carbons (Fsp3) is 0.263. The van der Waals surface area contributed by atoms with Crippen molar-refractivity contribution in [2.24, 2.45) is 0 Å². The number of rotatable bonds is 2. The van der Waals surface area contributed by atoms with E-state index in [1.807, 2.05) is 29.8 Å². The molecule has 0 radical (unpaired) electrons. The third kappa shape index (κ3) is 2.94. The maximum Gasteiger partial charge on any atom is 0.257 e. The lowest BCUT2D eigenvalue weighted by atomic mass is 10.3. The van der Waals surface area contributed by atoms with Gasteiger partial charge in [-0.25, -0.2) is 14.6 Å². The van der Waals surface area contributed by atoms with Crippen LogP contribution in [0.4, 0.5) is 11.6 Å². The van der Waals surface area contributed by atoms with Crippen molar-refractivity contribution in [1.29, 1.82) is 0 Å². The Morgan fingerprint density at radius 3 is 3.07 bits per heavy atom. The van der Waals surface area contributed by atoms with Gasteiger partial charge in [0, 0.05) is 25.1 Å². The number of anilines is 2. The zero-order valence-corrected chi connectivity index (χ0v) is 16.6. The van der Waals surface area contributed by atoms with E-state index in [1.54, 1.807) is 24.2 Å². The van der Waals surface area contributed by atoms with E-state index in [0.717, 1.165) is 35.4 Å². The summed E-state index contributed by atoms with van der Waals surface area (Å²) in [6.45, 7) is 3.16. The summed E-state index contributed by atoms with van der Waals surface area (Å²) in [5, 5.41) is 9.37. The smallest absolute Gasteiger partial charge is 0.257 e. The molecule has 4 aromatic heterocycles. The van der Waals surface area contributed by atoms with E-state index in [-0.39, 0.29) is 0 Å². The number of aryl methyl sites for hydroxylation is 1. The number of nitrogens with one attached hydrogen (secondary N) is 1. The molecule has 1 aliphatic heterocycles. The van der Waals surface area contributed by atoms with E-state index in [9.17, 15) is 0 Å². The van der Waals surface area contributed by atoms with Crippen molar-refractivity contribution in [3.8, 4) is 17.4 Å². The van der Waals surface area contributed by atoms with Crippen LogP contribution in [0.1, 0.15) is 12.1 Å². The van der Waals surface area contributed by atoms with Crippen LogP contribution in [0.3, 0.4) is 0 Å². The van der Waals surface area contributed by atoms with E-state index in [0.29, 0.717) is 35.0 Å². The monoisotopic (exact) mass is 411 g/mol. The van der Waals surface area contributed by atoms with Crippen molar-refractivity contribution in [1.82, 2.24) is 29.3 Å². The number of pyridine rings is 1. The molecule has 148 valence electrons. The number of nitrogens with zero attached hydrogens (tertiary/aromatic N) is 6. The molecule has 0 fully saturated rings. The predicted octanol–water partition coefficient (Wildman–Crippen LogP) is 3.51. The van der Waals surface area contributed by atoms with E-state index in [2.05, 4.69) is 25.4 Å². The van der Waals surface area contributed by atoms with Crippen molar-refractivity contribution in [2.75, 3.05) is 19.0 Å². The lowest BCUT2D eigenvalue weighted by Gasteiger charge is -2.09. The summed E-state index contributed by atoms with van der Waals surface area (Å²) in [5.41, 5.74) is 3.02. The highest BCUT2D eigenvalue weighted by Gasteiger charge is 2.22. The third-order valence-corrected chi connectivity index (χ3v) is 5.14. The fourth-order valence-electron chi connectivity index (χ4n) is 3.43. The number of ether oxygens (including phenoxy) is 2. The van der Waals surface area contributed by atoms with Gasteiger partial charge in [-0.3, -0.25) is 0 Å². The van der Waals surface area contributed by atoms with E-state index >= 15 is 0 Å². The third-order valence-electron chi connectivity index (χ3n) is 4.84. The van der Waals surface area contributed by atoms with Gasteiger partial charge in [0.15, 0.2) is 0 Å². The average Bonchev–Trinajstić information content (AvgIpc) is 3.21. The fourth-order valence-corrected chi connectivity index (χ4v) is 3.68. The Morgan fingerprint density at radius 2 is 2.21 bits per heavy atom. The zero-order chi connectivity index (χ0) is 20.0. The molecule has 0 aromatic carbocycles. The van der Waals surface area contributed by atoms with Gasteiger partial charge in [-0.1, -0.05) is 11.6 Å². The first-order chi connectivity index (χ1) is 14.2. The molecule has 0 unspecified atom stereocenters. The number of hydrogen-bond donors (Lipinski definition) is 1. The molecular formula is C19H18ClN7O2. The van der Waals surface area contributed by atoms with E-state index < -0.39 is 0 Å². The largest absolute Gasteiger partial charge is 0.479 e. The lowest BCUT2D eigenvalue weighted by Crippen LogP contribution is -2.06. The minimum absolute atomic E-state index is 0.445. The number of halogens is 1. The summed E-state index contributed by atoms with van der Waals surface area (Å²) in [6, 6.07) is 3.72. The van der Waals surface area contributed by atoms with Crippen LogP contribution in [-0.2, 0) is 6.54 Å². The molecule has 0 atom stereocenters. The van der Waals surface area contributed by atoms with Gasteiger partial charge in [0.1, 0.15) is 17.0 Å². The topological polar surface area (TPSA) is 91.9 Å². The van der Waals surface area contributed by atoms with Crippen LogP contribution in [0.15, 0.2) is 30.7 Å². The molecular weight excluding hydrogens is 394 g/mol. The highest BCUT2D eigenvalue weighted by Crippen LogP contribution is 2.34. The molecule has 0 aliphatic carbocycles. The Morgan fingerprint density at radius 1 is 1.31 bits per heavy atom. The first-order valence-corrected chi connectivity index (χ1v) is 9.53. The van der Waals surface area contributed by atoms with Crippen LogP contribution >= 0.6 is 11.6 Å². The molecule has 9 nitrogen and oxygen atoms in total. The summed E-state index contributed by atoms with van der Waals surface area (Å²) in [4.78, 5) is 13.3. The number of fused-ring (bicyclic) bond motifs is 2. The van der Waals surface area contributed by atoms with Gasteiger partial charge in [0.2, 0.25) is 11.8 Å². The molecule has 29 heavy (non-hydrogen) atoms. The van der Waals surface area contributed by atoms with Gasteiger partial charge in [0.25, 0.3) is 5.88 Å². The second-order valence-corrected chi connectivity index (χ2v) is 7.04. The van der Waals surface area contributed by atoms with Crippen molar-refractivity contribution >= 4 is 34.3 Å². The van der Waals surface area contributed by atoms with Crippen LogP contribution < -0.4 is 14.8 Å². The summed E-state index contributed by atoms with van der Waals surface area (Å²) >= 11 is 6.32. The lowest BCUT2D eigenvalue weighted by molar-refractivity contribution is 0.291. The minimum Gasteiger partial charge on any atom is -0.479 e. The summed E-state index contributed by atoms with van der Waals surface area (Å²) in [7, 11) is 1.58. The SMILES string of the molecule is COc1ncccc1-n1nc2c(c1C)Nc1ncc3c(Cl)cn(c3n1)CCCO2. The molecule has 1 aliphatic rings. The van der Waals surface area contributed by atoms with Crippen molar-refractivity contribution in [3.05, 3.63) is 41.4 Å². The summed E-state index contributed by atoms with van der Waals surface area (Å²) < 4.78 is 15.1. The average molecular weight is 412 g/mol. The number of methoxy groups -OCH3 is 1. The maximum absolute atomic E-state index is 6.32. The molecule has 0 spiro atoms. The molecule has 5 rings (SSSR count). The van der Waals surface area contributed by atoms with Crippen molar-refractivity contribution in [2.45, 2.75) is 19.9 Å². The number of aromatic nitrogens is 6. The zero-order valence-electron chi connectivity index (χ0n) is 15.9. The summed E-state index contributed by atoms with van der Waals surface area (Å²) in [6.07, 6.45) is 6.06. The van der Waals surface area contributed by atoms with Crippen LogP contribution in [-0.4, -0.2) is 43.0 Å². The highest BCUT2D eigenvalue weighted by atomic mass is 35.5. The standard InChI is InChI=1S/C19H18ClN7O2/c1-11-15-18(25-27(11)14-5-3-6-21-17(14)28-2)29-8-4-7-26-10-13(20)12-9-22-19(23-15)24-16(12)26/h3,5-6,9-10H,4,7-8H2,1-2H3,(H,22,23,24). The quantitative estimate of drug-likeness (QED) is 0.539. The molecule has 0 amide bonds. The Labute approximate surface area is 171 Å². The van der Waals surface area contributed by atoms with Crippen LogP contribution in [0.2, 0.25) is 5.02 Å². The van der Waals surface area contributed by atoms with Crippen LogP contribution in [0, 0.1) is 6.92 Å². The first-order valence-electron chi connectivity index (χ1n) is 9.16.